The van der Waals surface area contributed by atoms with Gasteiger partial charge in [0.1, 0.15) is 12.4 Å². The Morgan fingerprint density at radius 1 is 1.29 bits per heavy atom. The van der Waals surface area contributed by atoms with Crippen molar-refractivity contribution >= 4 is 5.91 Å². The summed E-state index contributed by atoms with van der Waals surface area (Å²) in [5, 5.41) is 2.98. The number of carbonyl (C=O) groups is 1. The normalized spacial score (nSPS) is 21.2. The summed E-state index contributed by atoms with van der Waals surface area (Å²) in [6.45, 7) is 1.65. The number of methoxy groups -OCH3 is 1. The lowest BCUT2D eigenvalue weighted by Crippen LogP contribution is -2.29. The van der Waals surface area contributed by atoms with E-state index < -0.39 is 0 Å². The smallest absolute Gasteiger partial charge is 0.223 e. The van der Waals surface area contributed by atoms with Crippen molar-refractivity contribution in [1.82, 2.24) is 5.32 Å². The van der Waals surface area contributed by atoms with E-state index in [2.05, 4.69) is 5.32 Å². The van der Waals surface area contributed by atoms with Crippen LogP contribution in [0.25, 0.3) is 0 Å². The number of carbonyl (C=O) groups excluding carboxylic acids is 1. The highest BCUT2D eigenvalue weighted by Crippen LogP contribution is 2.24. The molecule has 1 aliphatic rings. The minimum absolute atomic E-state index is 0.0802. The van der Waals surface area contributed by atoms with E-state index in [0.717, 1.165) is 30.6 Å². The summed E-state index contributed by atoms with van der Waals surface area (Å²) >= 11 is 0. The molecule has 5 heteroatoms. The molecule has 0 bridgehead atoms. The zero-order valence-electron chi connectivity index (χ0n) is 12.5. The van der Waals surface area contributed by atoms with Crippen LogP contribution < -0.4 is 15.8 Å². The summed E-state index contributed by atoms with van der Waals surface area (Å²) in [7, 11) is 1.65. The molecule has 0 radical (unpaired) electrons. The highest BCUT2D eigenvalue weighted by atomic mass is 16.5. The number of amides is 1. The molecule has 1 fully saturated rings. The average molecular weight is 292 g/mol. The van der Waals surface area contributed by atoms with Crippen LogP contribution in [0, 0.1) is 5.92 Å². The van der Waals surface area contributed by atoms with Gasteiger partial charge in [-0.15, -0.1) is 0 Å². The SMILES string of the molecule is COCCOc1ccc(CNC(=O)C2CCC(N)C2)cc1. The van der Waals surface area contributed by atoms with Crippen molar-refractivity contribution < 1.29 is 14.3 Å². The third kappa shape index (κ3) is 5.02. The average Bonchev–Trinajstić information content (AvgIpc) is 2.93. The maximum atomic E-state index is 12.0. The van der Waals surface area contributed by atoms with Crippen LogP contribution in [0.5, 0.6) is 5.75 Å². The summed E-state index contributed by atoms with van der Waals surface area (Å²) in [6.07, 6.45) is 2.66. The molecule has 2 rings (SSSR count). The molecule has 5 nitrogen and oxygen atoms in total. The van der Waals surface area contributed by atoms with Crippen LogP contribution >= 0.6 is 0 Å². The third-order valence-corrected chi connectivity index (χ3v) is 3.79. The number of ether oxygens (including phenoxy) is 2. The van der Waals surface area contributed by atoms with Gasteiger partial charge in [0.25, 0.3) is 0 Å². The minimum atomic E-state index is 0.0802. The molecule has 0 aromatic heterocycles. The zero-order chi connectivity index (χ0) is 15.1. The number of benzene rings is 1. The molecule has 0 saturated heterocycles. The van der Waals surface area contributed by atoms with Gasteiger partial charge < -0.3 is 20.5 Å². The quantitative estimate of drug-likeness (QED) is 0.746. The Morgan fingerprint density at radius 2 is 2.05 bits per heavy atom. The van der Waals surface area contributed by atoms with Crippen LogP contribution in [0.4, 0.5) is 0 Å². The van der Waals surface area contributed by atoms with Gasteiger partial charge in [-0.2, -0.15) is 0 Å². The highest BCUT2D eigenvalue weighted by Gasteiger charge is 2.27. The van der Waals surface area contributed by atoms with Gasteiger partial charge in [-0.1, -0.05) is 12.1 Å². The molecule has 0 heterocycles. The van der Waals surface area contributed by atoms with E-state index in [9.17, 15) is 4.79 Å². The molecule has 1 aliphatic carbocycles. The van der Waals surface area contributed by atoms with E-state index in [4.69, 9.17) is 15.2 Å². The molecule has 2 unspecified atom stereocenters. The summed E-state index contributed by atoms with van der Waals surface area (Å²) in [5.74, 6) is 1.00. The Balaban J connectivity index is 1.74. The van der Waals surface area contributed by atoms with Gasteiger partial charge in [0, 0.05) is 25.6 Å². The van der Waals surface area contributed by atoms with Crippen LogP contribution in [-0.2, 0) is 16.1 Å². The van der Waals surface area contributed by atoms with Crippen molar-refractivity contribution in [3.8, 4) is 5.75 Å². The second kappa shape index (κ2) is 8.00. The predicted octanol–water partition coefficient (Wildman–Crippen LogP) is 1.46. The van der Waals surface area contributed by atoms with Gasteiger partial charge in [0.15, 0.2) is 0 Å². The fourth-order valence-corrected chi connectivity index (χ4v) is 2.53. The first kappa shape index (κ1) is 15.8. The standard InChI is InChI=1S/C16H24N2O3/c1-20-8-9-21-15-6-2-12(3-7-15)11-18-16(19)13-4-5-14(17)10-13/h2-3,6-7,13-14H,4-5,8-11,17H2,1H3,(H,18,19). The Labute approximate surface area is 125 Å². The van der Waals surface area contributed by atoms with Gasteiger partial charge in [-0.3, -0.25) is 4.79 Å². The number of nitrogens with two attached hydrogens (primary N) is 1. The number of nitrogens with one attached hydrogen (secondary N) is 1. The lowest BCUT2D eigenvalue weighted by atomic mass is 10.1. The molecular formula is C16H24N2O3. The fraction of sp³-hybridized carbons (Fsp3) is 0.562. The second-order valence-corrected chi connectivity index (χ2v) is 5.47. The maximum Gasteiger partial charge on any atom is 0.223 e. The summed E-state index contributed by atoms with van der Waals surface area (Å²) < 4.78 is 10.4. The van der Waals surface area contributed by atoms with Crippen molar-refractivity contribution in [2.75, 3.05) is 20.3 Å². The predicted molar refractivity (Wildman–Crippen MR) is 81.0 cm³/mol. The van der Waals surface area contributed by atoms with Crippen molar-refractivity contribution in [2.24, 2.45) is 11.7 Å². The number of hydrogen-bond donors (Lipinski definition) is 2. The van der Waals surface area contributed by atoms with Crippen molar-refractivity contribution in [2.45, 2.75) is 31.8 Å². The Kier molecular flexibility index (Phi) is 6.02. The first-order valence-corrected chi connectivity index (χ1v) is 7.43. The highest BCUT2D eigenvalue weighted by molar-refractivity contribution is 5.79. The van der Waals surface area contributed by atoms with Crippen molar-refractivity contribution in [1.29, 1.82) is 0 Å². The van der Waals surface area contributed by atoms with E-state index in [1.54, 1.807) is 7.11 Å². The van der Waals surface area contributed by atoms with Crippen LogP contribution in [0.2, 0.25) is 0 Å². The van der Waals surface area contributed by atoms with E-state index in [1.807, 2.05) is 24.3 Å². The van der Waals surface area contributed by atoms with E-state index in [-0.39, 0.29) is 17.9 Å². The molecule has 3 N–H and O–H groups in total. The van der Waals surface area contributed by atoms with E-state index >= 15 is 0 Å². The summed E-state index contributed by atoms with van der Waals surface area (Å²) in [4.78, 5) is 12.0. The molecule has 1 amide bonds. The van der Waals surface area contributed by atoms with Crippen molar-refractivity contribution in [3.05, 3.63) is 29.8 Å². The zero-order valence-corrected chi connectivity index (χ0v) is 12.5. The lowest BCUT2D eigenvalue weighted by Gasteiger charge is -2.11. The first-order valence-electron chi connectivity index (χ1n) is 7.43. The summed E-state index contributed by atoms with van der Waals surface area (Å²) in [6, 6.07) is 7.92. The molecule has 0 spiro atoms. The fourth-order valence-electron chi connectivity index (χ4n) is 2.53. The molecule has 0 aliphatic heterocycles. The first-order chi connectivity index (χ1) is 10.2. The molecule has 2 atom stereocenters. The van der Waals surface area contributed by atoms with Crippen LogP contribution in [0.3, 0.4) is 0 Å². The monoisotopic (exact) mass is 292 g/mol. The lowest BCUT2D eigenvalue weighted by molar-refractivity contribution is -0.125. The summed E-state index contributed by atoms with van der Waals surface area (Å²) in [5.41, 5.74) is 6.89. The van der Waals surface area contributed by atoms with E-state index in [0.29, 0.717) is 19.8 Å². The molecule has 116 valence electrons. The van der Waals surface area contributed by atoms with E-state index in [1.165, 1.54) is 0 Å². The molecular weight excluding hydrogens is 268 g/mol. The minimum Gasteiger partial charge on any atom is -0.491 e. The van der Waals surface area contributed by atoms with Gasteiger partial charge in [0.2, 0.25) is 5.91 Å². The maximum absolute atomic E-state index is 12.0. The molecule has 1 aromatic carbocycles. The van der Waals surface area contributed by atoms with Gasteiger partial charge in [0.05, 0.1) is 6.61 Å². The number of hydrogen-bond acceptors (Lipinski definition) is 4. The van der Waals surface area contributed by atoms with Gasteiger partial charge in [-0.05, 0) is 37.0 Å². The second-order valence-electron chi connectivity index (χ2n) is 5.47. The van der Waals surface area contributed by atoms with Crippen LogP contribution in [0.1, 0.15) is 24.8 Å². The Bertz CT molecular complexity index is 447. The Morgan fingerprint density at radius 3 is 2.67 bits per heavy atom. The van der Waals surface area contributed by atoms with Crippen LogP contribution in [0.15, 0.2) is 24.3 Å². The van der Waals surface area contributed by atoms with Gasteiger partial charge in [-0.25, -0.2) is 0 Å². The topological polar surface area (TPSA) is 73.6 Å². The molecule has 1 saturated carbocycles. The van der Waals surface area contributed by atoms with Crippen molar-refractivity contribution in [3.63, 3.8) is 0 Å². The third-order valence-electron chi connectivity index (χ3n) is 3.79. The van der Waals surface area contributed by atoms with Crippen LogP contribution in [-0.4, -0.2) is 32.3 Å². The molecule has 21 heavy (non-hydrogen) atoms. The number of rotatable bonds is 7. The Hall–Kier alpha value is -1.59. The largest absolute Gasteiger partial charge is 0.491 e. The van der Waals surface area contributed by atoms with Gasteiger partial charge >= 0.3 is 0 Å². The molecule has 1 aromatic rings.